The molecule has 3 rings (SSSR count). The minimum absolute atomic E-state index is 0.00609. The van der Waals surface area contributed by atoms with Crippen LogP contribution in [0.5, 0.6) is 5.88 Å². The Morgan fingerprint density at radius 3 is 2.70 bits per heavy atom. The van der Waals surface area contributed by atoms with Crippen molar-refractivity contribution in [3.8, 4) is 5.88 Å². The average molecular weight is 376 g/mol. The zero-order valence-corrected chi connectivity index (χ0v) is 16.1. The lowest BCUT2D eigenvalue weighted by atomic mass is 10.2. The molecule has 2 amide bonds. The average Bonchev–Trinajstić information content (AvgIpc) is 3.06. The third kappa shape index (κ3) is 4.68. The van der Waals surface area contributed by atoms with E-state index in [4.69, 9.17) is 9.47 Å². The van der Waals surface area contributed by atoms with Crippen LogP contribution in [-0.4, -0.2) is 90.7 Å². The summed E-state index contributed by atoms with van der Waals surface area (Å²) < 4.78 is 10.1. The molecule has 0 spiro atoms. The largest absolute Gasteiger partial charge is 0.481 e. The Morgan fingerprint density at radius 1 is 1.15 bits per heavy atom. The highest BCUT2D eigenvalue weighted by Crippen LogP contribution is 2.19. The molecule has 1 unspecified atom stereocenters. The van der Waals surface area contributed by atoms with Crippen molar-refractivity contribution in [1.29, 1.82) is 0 Å². The number of pyridine rings is 1. The molecule has 1 atom stereocenters. The lowest BCUT2D eigenvalue weighted by Gasteiger charge is -2.27. The summed E-state index contributed by atoms with van der Waals surface area (Å²) in [6.45, 7) is 6.83. The van der Waals surface area contributed by atoms with Gasteiger partial charge in [-0.15, -0.1) is 0 Å². The molecule has 0 bridgehead atoms. The molecule has 8 nitrogen and oxygen atoms in total. The molecule has 0 radical (unpaired) electrons. The Morgan fingerprint density at radius 2 is 2.00 bits per heavy atom. The number of carbonyl (C=O) groups is 2. The van der Waals surface area contributed by atoms with Gasteiger partial charge in [-0.05, 0) is 25.8 Å². The van der Waals surface area contributed by atoms with E-state index in [1.165, 1.54) is 0 Å². The van der Waals surface area contributed by atoms with Crippen LogP contribution in [0.1, 0.15) is 30.1 Å². The van der Waals surface area contributed by atoms with Gasteiger partial charge in [-0.1, -0.05) is 0 Å². The fourth-order valence-electron chi connectivity index (χ4n) is 3.74. The zero-order valence-electron chi connectivity index (χ0n) is 16.1. The number of carbonyl (C=O) groups excluding carboxylic acids is 2. The normalized spacial score (nSPS) is 21.0. The van der Waals surface area contributed by atoms with Crippen molar-refractivity contribution in [2.24, 2.45) is 0 Å². The predicted molar refractivity (Wildman–Crippen MR) is 99.9 cm³/mol. The molecule has 0 aliphatic carbocycles. The van der Waals surface area contributed by atoms with Gasteiger partial charge in [-0.25, -0.2) is 9.78 Å². The Labute approximate surface area is 160 Å². The first-order valence-corrected chi connectivity index (χ1v) is 9.57. The minimum Gasteiger partial charge on any atom is -0.481 e. The van der Waals surface area contributed by atoms with Crippen molar-refractivity contribution in [3.05, 3.63) is 23.9 Å². The van der Waals surface area contributed by atoms with Crippen molar-refractivity contribution >= 4 is 12.0 Å². The molecule has 148 valence electrons. The molecular formula is C19H28N4O4. The summed E-state index contributed by atoms with van der Waals surface area (Å²) in [5.41, 5.74) is 0.582. The number of methoxy groups -OCH3 is 1. The molecule has 8 heteroatoms. The number of hydrogen-bond acceptors (Lipinski definition) is 6. The number of ether oxygens (including phenoxy) is 2. The molecule has 2 aliphatic rings. The highest BCUT2D eigenvalue weighted by atomic mass is 16.6. The number of aromatic nitrogens is 1. The molecule has 2 aliphatic heterocycles. The van der Waals surface area contributed by atoms with Crippen LogP contribution in [0.4, 0.5) is 4.79 Å². The summed E-state index contributed by atoms with van der Waals surface area (Å²) in [6, 6.07) is 3.80. The number of rotatable bonds is 4. The SMILES string of the molecule is CCOC(=O)N1CCC(N2CCCN(C(=O)c3ccc(OC)nc3)CC2)C1. The molecule has 0 N–H and O–H groups in total. The van der Waals surface area contributed by atoms with Crippen LogP contribution >= 0.6 is 0 Å². The lowest BCUT2D eigenvalue weighted by Crippen LogP contribution is -2.41. The Balaban J connectivity index is 1.54. The number of amides is 2. The van der Waals surface area contributed by atoms with Gasteiger partial charge in [0.2, 0.25) is 5.88 Å². The second-order valence-corrected chi connectivity index (χ2v) is 6.86. The minimum atomic E-state index is -0.223. The highest BCUT2D eigenvalue weighted by Gasteiger charge is 2.32. The van der Waals surface area contributed by atoms with Crippen LogP contribution in [0.15, 0.2) is 18.3 Å². The first-order chi connectivity index (χ1) is 13.1. The summed E-state index contributed by atoms with van der Waals surface area (Å²) in [7, 11) is 1.55. The van der Waals surface area contributed by atoms with E-state index in [2.05, 4.69) is 9.88 Å². The standard InChI is InChI=1S/C19H28N4O4/c1-3-27-19(25)23-10-7-16(14-23)21-8-4-9-22(12-11-21)18(24)15-5-6-17(26-2)20-13-15/h5-6,13,16H,3-4,7-12,14H2,1-2H3. The molecule has 1 aromatic heterocycles. The van der Waals surface area contributed by atoms with Crippen LogP contribution in [0.25, 0.3) is 0 Å². The van der Waals surface area contributed by atoms with Gasteiger partial charge in [0, 0.05) is 57.6 Å². The molecule has 2 fully saturated rings. The smallest absolute Gasteiger partial charge is 0.409 e. The van der Waals surface area contributed by atoms with Crippen LogP contribution in [0.2, 0.25) is 0 Å². The van der Waals surface area contributed by atoms with E-state index in [0.29, 0.717) is 37.2 Å². The van der Waals surface area contributed by atoms with Crippen molar-refractivity contribution in [2.45, 2.75) is 25.8 Å². The number of hydrogen-bond donors (Lipinski definition) is 0. The maximum Gasteiger partial charge on any atom is 0.409 e. The highest BCUT2D eigenvalue weighted by molar-refractivity contribution is 5.94. The predicted octanol–water partition coefficient (Wildman–Crippen LogP) is 1.47. The monoisotopic (exact) mass is 376 g/mol. The maximum absolute atomic E-state index is 12.8. The van der Waals surface area contributed by atoms with Crippen LogP contribution in [0, 0.1) is 0 Å². The summed E-state index contributed by atoms with van der Waals surface area (Å²) in [5, 5.41) is 0. The summed E-state index contributed by atoms with van der Waals surface area (Å²) in [4.78, 5) is 34.9. The van der Waals surface area contributed by atoms with Crippen molar-refractivity contribution < 1.29 is 19.1 Å². The van der Waals surface area contributed by atoms with Gasteiger partial charge in [-0.2, -0.15) is 0 Å². The van der Waals surface area contributed by atoms with E-state index in [9.17, 15) is 9.59 Å². The fourth-order valence-corrected chi connectivity index (χ4v) is 3.74. The summed E-state index contributed by atoms with van der Waals surface area (Å²) in [5.74, 6) is 0.507. The van der Waals surface area contributed by atoms with E-state index in [1.54, 1.807) is 30.3 Å². The Bertz CT molecular complexity index is 652. The third-order valence-corrected chi connectivity index (χ3v) is 5.22. The molecule has 0 saturated carbocycles. The molecule has 1 aromatic rings. The Kier molecular flexibility index (Phi) is 6.49. The van der Waals surface area contributed by atoms with Crippen LogP contribution in [0.3, 0.4) is 0 Å². The van der Waals surface area contributed by atoms with E-state index < -0.39 is 0 Å². The van der Waals surface area contributed by atoms with Gasteiger partial charge in [0.1, 0.15) is 0 Å². The molecule has 3 heterocycles. The van der Waals surface area contributed by atoms with E-state index in [-0.39, 0.29) is 12.0 Å². The maximum atomic E-state index is 12.8. The zero-order chi connectivity index (χ0) is 19.2. The molecule has 2 saturated heterocycles. The van der Waals surface area contributed by atoms with Gasteiger partial charge < -0.3 is 19.3 Å². The summed E-state index contributed by atoms with van der Waals surface area (Å²) >= 11 is 0. The van der Waals surface area contributed by atoms with Gasteiger partial charge >= 0.3 is 6.09 Å². The van der Waals surface area contributed by atoms with Crippen molar-refractivity contribution in [2.75, 3.05) is 53.0 Å². The summed E-state index contributed by atoms with van der Waals surface area (Å²) in [6.07, 6.45) is 3.22. The van der Waals surface area contributed by atoms with Crippen LogP contribution in [-0.2, 0) is 4.74 Å². The van der Waals surface area contributed by atoms with Gasteiger partial charge in [0.25, 0.3) is 5.91 Å². The first kappa shape index (κ1) is 19.4. The molecular weight excluding hydrogens is 348 g/mol. The van der Waals surface area contributed by atoms with Crippen molar-refractivity contribution in [1.82, 2.24) is 19.7 Å². The fraction of sp³-hybridized carbons (Fsp3) is 0.632. The van der Waals surface area contributed by atoms with Crippen molar-refractivity contribution in [3.63, 3.8) is 0 Å². The topological polar surface area (TPSA) is 75.2 Å². The van der Waals surface area contributed by atoms with E-state index in [1.807, 2.05) is 11.8 Å². The van der Waals surface area contributed by atoms with Gasteiger partial charge in [0.15, 0.2) is 0 Å². The van der Waals surface area contributed by atoms with Gasteiger partial charge in [-0.3, -0.25) is 9.69 Å². The lowest BCUT2D eigenvalue weighted by molar-refractivity contribution is 0.0757. The first-order valence-electron chi connectivity index (χ1n) is 9.57. The van der Waals surface area contributed by atoms with Crippen LogP contribution < -0.4 is 4.74 Å². The quantitative estimate of drug-likeness (QED) is 0.792. The Hall–Kier alpha value is -2.35. The molecule has 27 heavy (non-hydrogen) atoms. The van der Waals surface area contributed by atoms with Gasteiger partial charge in [0.05, 0.1) is 19.3 Å². The second kappa shape index (κ2) is 9.03. The third-order valence-electron chi connectivity index (χ3n) is 5.22. The van der Waals surface area contributed by atoms with E-state index in [0.717, 1.165) is 39.0 Å². The second-order valence-electron chi connectivity index (χ2n) is 6.86. The number of nitrogens with zero attached hydrogens (tertiary/aromatic N) is 4. The number of likely N-dealkylation sites (tertiary alicyclic amines) is 1. The van der Waals surface area contributed by atoms with E-state index >= 15 is 0 Å². The molecule has 0 aromatic carbocycles.